The SMILES string of the molecule is CCCNc1ncnc(N2CCCCCC2CC)c1Br. The van der Waals surface area contributed by atoms with Gasteiger partial charge in [-0.15, -0.1) is 0 Å². The Labute approximate surface area is 130 Å². The van der Waals surface area contributed by atoms with Gasteiger partial charge in [0, 0.05) is 19.1 Å². The fourth-order valence-electron chi connectivity index (χ4n) is 2.81. The summed E-state index contributed by atoms with van der Waals surface area (Å²) in [4.78, 5) is 11.4. The molecule has 112 valence electrons. The van der Waals surface area contributed by atoms with Crippen molar-refractivity contribution in [1.82, 2.24) is 9.97 Å². The Balaban J connectivity index is 2.25. The molecule has 0 saturated carbocycles. The minimum absolute atomic E-state index is 0.600. The van der Waals surface area contributed by atoms with E-state index >= 15 is 0 Å². The highest BCUT2D eigenvalue weighted by molar-refractivity contribution is 9.10. The van der Waals surface area contributed by atoms with E-state index in [9.17, 15) is 0 Å². The minimum Gasteiger partial charge on any atom is -0.369 e. The van der Waals surface area contributed by atoms with Gasteiger partial charge in [-0.3, -0.25) is 0 Å². The monoisotopic (exact) mass is 340 g/mol. The van der Waals surface area contributed by atoms with Gasteiger partial charge in [0.1, 0.15) is 22.4 Å². The lowest BCUT2D eigenvalue weighted by Gasteiger charge is -2.31. The zero-order valence-electron chi connectivity index (χ0n) is 12.5. The lowest BCUT2D eigenvalue weighted by atomic mass is 10.1. The van der Waals surface area contributed by atoms with Crippen LogP contribution in [0.3, 0.4) is 0 Å². The summed E-state index contributed by atoms with van der Waals surface area (Å²) < 4.78 is 1.01. The quantitative estimate of drug-likeness (QED) is 0.871. The molecular formula is C15H25BrN4. The van der Waals surface area contributed by atoms with Crippen LogP contribution >= 0.6 is 15.9 Å². The molecule has 1 aliphatic rings. The average molecular weight is 341 g/mol. The number of nitrogens with one attached hydrogen (secondary N) is 1. The van der Waals surface area contributed by atoms with E-state index in [1.165, 1.54) is 32.1 Å². The molecule has 0 bridgehead atoms. The molecule has 1 aromatic heterocycles. The van der Waals surface area contributed by atoms with Crippen LogP contribution in [0.4, 0.5) is 11.6 Å². The molecule has 0 radical (unpaired) electrons. The number of anilines is 2. The molecule has 1 unspecified atom stereocenters. The second-order valence-corrected chi connectivity index (χ2v) is 6.18. The Morgan fingerprint density at radius 2 is 2.15 bits per heavy atom. The molecule has 1 atom stereocenters. The largest absolute Gasteiger partial charge is 0.369 e. The number of hydrogen-bond acceptors (Lipinski definition) is 4. The lowest BCUT2D eigenvalue weighted by molar-refractivity contribution is 0.551. The van der Waals surface area contributed by atoms with E-state index in [1.807, 2.05) is 0 Å². The predicted molar refractivity (Wildman–Crippen MR) is 88.4 cm³/mol. The normalized spacial score (nSPS) is 19.8. The van der Waals surface area contributed by atoms with Gasteiger partial charge >= 0.3 is 0 Å². The number of nitrogens with zero attached hydrogens (tertiary/aromatic N) is 3. The van der Waals surface area contributed by atoms with Gasteiger partial charge in [-0.05, 0) is 41.6 Å². The van der Waals surface area contributed by atoms with Crippen molar-refractivity contribution in [3.63, 3.8) is 0 Å². The third kappa shape index (κ3) is 3.62. The number of halogens is 1. The highest BCUT2D eigenvalue weighted by Crippen LogP contribution is 2.33. The molecule has 20 heavy (non-hydrogen) atoms. The molecule has 2 rings (SSSR count). The third-order valence-corrected chi connectivity index (χ3v) is 4.66. The van der Waals surface area contributed by atoms with Crippen LogP contribution in [-0.2, 0) is 0 Å². The van der Waals surface area contributed by atoms with E-state index in [4.69, 9.17) is 0 Å². The molecule has 4 nitrogen and oxygen atoms in total. The summed E-state index contributed by atoms with van der Waals surface area (Å²) in [5.41, 5.74) is 0. The Hall–Kier alpha value is -0.840. The van der Waals surface area contributed by atoms with Crippen molar-refractivity contribution in [2.45, 2.75) is 58.4 Å². The second-order valence-electron chi connectivity index (χ2n) is 5.39. The van der Waals surface area contributed by atoms with Gasteiger partial charge < -0.3 is 10.2 Å². The van der Waals surface area contributed by atoms with Crippen LogP contribution in [0, 0.1) is 0 Å². The molecular weight excluding hydrogens is 316 g/mol. The maximum absolute atomic E-state index is 4.54. The van der Waals surface area contributed by atoms with E-state index < -0.39 is 0 Å². The summed E-state index contributed by atoms with van der Waals surface area (Å²) in [5, 5.41) is 3.37. The third-order valence-electron chi connectivity index (χ3n) is 3.93. The van der Waals surface area contributed by atoms with Crippen molar-refractivity contribution in [3.05, 3.63) is 10.8 Å². The standard InChI is InChI=1S/C15H25BrN4/c1-3-9-17-14-13(16)15(19-11-18-14)20-10-7-5-6-8-12(20)4-2/h11-12H,3-10H2,1-2H3,(H,17,18,19). The van der Waals surface area contributed by atoms with E-state index in [-0.39, 0.29) is 0 Å². The van der Waals surface area contributed by atoms with Crippen LogP contribution in [0.25, 0.3) is 0 Å². The molecule has 1 aliphatic heterocycles. The van der Waals surface area contributed by atoms with Gasteiger partial charge in [0.15, 0.2) is 0 Å². The number of hydrogen-bond donors (Lipinski definition) is 1. The molecule has 1 N–H and O–H groups in total. The number of rotatable bonds is 5. The first-order valence-electron chi connectivity index (χ1n) is 7.78. The first-order valence-corrected chi connectivity index (χ1v) is 8.58. The molecule has 0 spiro atoms. The van der Waals surface area contributed by atoms with Crippen LogP contribution in [-0.4, -0.2) is 29.1 Å². The molecule has 1 saturated heterocycles. The molecule has 0 aliphatic carbocycles. The van der Waals surface area contributed by atoms with E-state index in [0.29, 0.717) is 6.04 Å². The molecule has 2 heterocycles. The summed E-state index contributed by atoms with van der Waals surface area (Å²) in [6, 6.07) is 0.600. The first kappa shape index (κ1) is 15.5. The maximum atomic E-state index is 4.54. The van der Waals surface area contributed by atoms with Crippen molar-refractivity contribution in [3.8, 4) is 0 Å². The Morgan fingerprint density at radius 1 is 1.30 bits per heavy atom. The predicted octanol–water partition coefficient (Wildman–Crippen LogP) is 4.22. The van der Waals surface area contributed by atoms with Gasteiger partial charge in [0.2, 0.25) is 0 Å². The average Bonchev–Trinajstić information content (AvgIpc) is 2.71. The summed E-state index contributed by atoms with van der Waals surface area (Å²) in [7, 11) is 0. The second kappa shape index (κ2) is 7.81. The van der Waals surface area contributed by atoms with E-state index in [1.54, 1.807) is 6.33 Å². The molecule has 5 heteroatoms. The van der Waals surface area contributed by atoms with Crippen LogP contribution in [0.2, 0.25) is 0 Å². The van der Waals surface area contributed by atoms with Gasteiger partial charge in [-0.25, -0.2) is 9.97 Å². The minimum atomic E-state index is 0.600. The van der Waals surface area contributed by atoms with Crippen molar-refractivity contribution in [1.29, 1.82) is 0 Å². The smallest absolute Gasteiger partial charge is 0.148 e. The lowest BCUT2D eigenvalue weighted by Crippen LogP contribution is -2.35. The van der Waals surface area contributed by atoms with Crippen molar-refractivity contribution in [2.24, 2.45) is 0 Å². The van der Waals surface area contributed by atoms with Crippen LogP contribution in [0.1, 0.15) is 52.4 Å². The highest BCUT2D eigenvalue weighted by atomic mass is 79.9. The summed E-state index contributed by atoms with van der Waals surface area (Å²) in [6.45, 7) is 6.47. The molecule has 0 aromatic carbocycles. The Bertz CT molecular complexity index is 424. The summed E-state index contributed by atoms with van der Waals surface area (Å²) in [5.74, 6) is 1.96. The zero-order valence-corrected chi connectivity index (χ0v) is 14.1. The Kier molecular flexibility index (Phi) is 6.07. The van der Waals surface area contributed by atoms with Gasteiger partial charge in [0.05, 0.1) is 0 Å². The van der Waals surface area contributed by atoms with Gasteiger partial charge in [-0.2, -0.15) is 0 Å². The zero-order chi connectivity index (χ0) is 14.4. The summed E-state index contributed by atoms with van der Waals surface area (Å²) >= 11 is 3.70. The molecule has 1 aromatic rings. The maximum Gasteiger partial charge on any atom is 0.148 e. The Morgan fingerprint density at radius 3 is 2.90 bits per heavy atom. The van der Waals surface area contributed by atoms with Crippen LogP contribution < -0.4 is 10.2 Å². The van der Waals surface area contributed by atoms with Gasteiger partial charge in [0.25, 0.3) is 0 Å². The number of aromatic nitrogens is 2. The summed E-state index contributed by atoms with van der Waals surface area (Å²) in [6.07, 6.45) is 9.13. The van der Waals surface area contributed by atoms with E-state index in [2.05, 4.69) is 50.0 Å². The molecule has 0 amide bonds. The van der Waals surface area contributed by atoms with Crippen LogP contribution in [0.15, 0.2) is 10.8 Å². The molecule has 1 fully saturated rings. The van der Waals surface area contributed by atoms with Crippen molar-refractivity contribution >= 4 is 27.6 Å². The topological polar surface area (TPSA) is 41.1 Å². The van der Waals surface area contributed by atoms with Crippen LogP contribution in [0.5, 0.6) is 0 Å². The highest BCUT2D eigenvalue weighted by Gasteiger charge is 2.23. The fraction of sp³-hybridized carbons (Fsp3) is 0.733. The van der Waals surface area contributed by atoms with Crippen molar-refractivity contribution in [2.75, 3.05) is 23.3 Å². The fourth-order valence-corrected chi connectivity index (χ4v) is 3.38. The van der Waals surface area contributed by atoms with E-state index in [0.717, 1.165) is 35.6 Å². The van der Waals surface area contributed by atoms with Gasteiger partial charge in [-0.1, -0.05) is 26.7 Å². The first-order chi connectivity index (χ1) is 9.77. The van der Waals surface area contributed by atoms with Crippen molar-refractivity contribution < 1.29 is 0 Å².